The summed E-state index contributed by atoms with van der Waals surface area (Å²) in [5.41, 5.74) is 2.62. The molecule has 230 valence electrons. The number of benzene rings is 1. The standard InChI is InChI=1S/C30H33Cl2N9O3/c1-5-24(42)36-20-14-41(18-12-35-40(2)13-18)15-21(20)38-30-34-11-17-8-19(37-29(28(17)39-30)33-10-16-6-7-16)25-26(31)22(43-3)9-23(44-4)27(25)32/h5,8-9,11-13,16,20-21H,1,6-7,10,14-15H2,2-4H3,(H,33,37)(H,36,42)(H,34,38,39)/t20-,21+/m0/s1. The number of hydrogen-bond acceptors (Lipinski definition) is 10. The summed E-state index contributed by atoms with van der Waals surface area (Å²) in [6.07, 6.45) is 9.10. The number of aromatic nitrogens is 5. The second-order valence-electron chi connectivity index (χ2n) is 10.9. The minimum absolute atomic E-state index is 0.187. The Labute approximate surface area is 264 Å². The summed E-state index contributed by atoms with van der Waals surface area (Å²) in [5.74, 6) is 2.18. The highest BCUT2D eigenvalue weighted by atomic mass is 35.5. The molecule has 0 spiro atoms. The van der Waals surface area contributed by atoms with Gasteiger partial charge >= 0.3 is 0 Å². The molecule has 2 atom stereocenters. The molecular formula is C30H33Cl2N9O3. The third-order valence-electron chi connectivity index (χ3n) is 7.85. The van der Waals surface area contributed by atoms with Crippen LogP contribution in [0, 0.1) is 5.92 Å². The van der Waals surface area contributed by atoms with E-state index in [-0.39, 0.29) is 18.0 Å². The van der Waals surface area contributed by atoms with Crippen molar-refractivity contribution >= 4 is 57.5 Å². The Morgan fingerprint density at radius 2 is 1.82 bits per heavy atom. The number of nitrogens with zero attached hydrogens (tertiary/aromatic N) is 6. The molecule has 4 heterocycles. The highest BCUT2D eigenvalue weighted by Gasteiger charge is 2.35. The van der Waals surface area contributed by atoms with Gasteiger partial charge in [0.1, 0.15) is 17.0 Å². The normalized spacial score (nSPS) is 17.9. The van der Waals surface area contributed by atoms with E-state index in [1.807, 2.05) is 19.3 Å². The van der Waals surface area contributed by atoms with Crippen molar-refractivity contribution < 1.29 is 14.3 Å². The first-order chi connectivity index (χ1) is 21.3. The molecule has 0 radical (unpaired) electrons. The lowest BCUT2D eigenvalue weighted by atomic mass is 10.1. The van der Waals surface area contributed by atoms with Gasteiger partial charge < -0.3 is 30.3 Å². The predicted octanol–water partition coefficient (Wildman–Crippen LogP) is 4.54. The number of carbonyl (C=O) groups is 1. The van der Waals surface area contributed by atoms with E-state index in [1.54, 1.807) is 23.1 Å². The summed E-state index contributed by atoms with van der Waals surface area (Å²) in [4.78, 5) is 28.9. The number of anilines is 3. The van der Waals surface area contributed by atoms with Crippen LogP contribution < -0.4 is 30.3 Å². The molecule has 2 fully saturated rings. The van der Waals surface area contributed by atoms with E-state index < -0.39 is 0 Å². The Morgan fingerprint density at radius 3 is 2.45 bits per heavy atom. The van der Waals surface area contributed by atoms with E-state index in [0.717, 1.165) is 17.6 Å². The quantitative estimate of drug-likeness (QED) is 0.201. The smallest absolute Gasteiger partial charge is 0.243 e. The number of nitrogens with one attached hydrogen (secondary N) is 3. The third-order valence-corrected chi connectivity index (χ3v) is 8.61. The van der Waals surface area contributed by atoms with E-state index in [2.05, 4.69) is 37.5 Å². The van der Waals surface area contributed by atoms with E-state index in [1.165, 1.54) is 33.1 Å². The van der Waals surface area contributed by atoms with Crippen LogP contribution in [0.1, 0.15) is 12.8 Å². The molecule has 1 saturated heterocycles. The molecule has 4 aromatic rings. The zero-order valence-electron chi connectivity index (χ0n) is 24.6. The van der Waals surface area contributed by atoms with Crippen LogP contribution in [0.15, 0.2) is 43.4 Å². The van der Waals surface area contributed by atoms with Crippen molar-refractivity contribution in [2.75, 3.05) is 49.4 Å². The molecule has 1 aliphatic carbocycles. The summed E-state index contributed by atoms with van der Waals surface area (Å²) in [7, 11) is 4.94. The average Bonchev–Trinajstić information content (AvgIpc) is 3.63. The van der Waals surface area contributed by atoms with Crippen molar-refractivity contribution in [3.05, 3.63) is 53.4 Å². The second-order valence-corrected chi connectivity index (χ2v) is 11.7. The molecule has 3 aromatic heterocycles. The fourth-order valence-electron chi connectivity index (χ4n) is 5.32. The van der Waals surface area contributed by atoms with Crippen molar-refractivity contribution in [3.8, 4) is 22.8 Å². The summed E-state index contributed by atoms with van der Waals surface area (Å²) in [6, 6.07) is 3.08. The van der Waals surface area contributed by atoms with Gasteiger partial charge in [-0.2, -0.15) is 5.10 Å². The molecule has 3 N–H and O–H groups in total. The van der Waals surface area contributed by atoms with Crippen molar-refractivity contribution in [2.24, 2.45) is 13.0 Å². The van der Waals surface area contributed by atoms with Gasteiger partial charge in [0.2, 0.25) is 11.9 Å². The number of amides is 1. The number of halogens is 2. The van der Waals surface area contributed by atoms with Gasteiger partial charge in [-0.25, -0.2) is 15.0 Å². The number of pyridine rings is 1. The van der Waals surface area contributed by atoms with Crippen LogP contribution in [0.4, 0.5) is 17.5 Å². The van der Waals surface area contributed by atoms with Gasteiger partial charge in [0, 0.05) is 56.1 Å². The molecular weight excluding hydrogens is 605 g/mol. The lowest BCUT2D eigenvalue weighted by Crippen LogP contribution is -2.45. The molecule has 2 aliphatic rings. The van der Waals surface area contributed by atoms with Gasteiger partial charge in [-0.3, -0.25) is 9.48 Å². The molecule has 1 amide bonds. The van der Waals surface area contributed by atoms with Crippen LogP contribution in [0.3, 0.4) is 0 Å². The number of ether oxygens (including phenoxy) is 2. The highest BCUT2D eigenvalue weighted by molar-refractivity contribution is 6.41. The zero-order valence-corrected chi connectivity index (χ0v) is 26.1. The van der Waals surface area contributed by atoms with E-state index in [4.69, 9.17) is 42.6 Å². The maximum absolute atomic E-state index is 12.3. The van der Waals surface area contributed by atoms with Crippen molar-refractivity contribution in [2.45, 2.75) is 24.9 Å². The molecule has 14 heteroatoms. The van der Waals surface area contributed by atoms with Crippen molar-refractivity contribution in [3.63, 3.8) is 0 Å². The molecule has 0 bridgehead atoms. The van der Waals surface area contributed by atoms with Gasteiger partial charge in [-0.1, -0.05) is 29.8 Å². The monoisotopic (exact) mass is 637 g/mol. The molecule has 44 heavy (non-hydrogen) atoms. The third kappa shape index (κ3) is 6.04. The Balaban J connectivity index is 1.36. The molecule has 12 nitrogen and oxygen atoms in total. The first kappa shape index (κ1) is 29.8. The molecule has 1 aromatic carbocycles. The second kappa shape index (κ2) is 12.4. The molecule has 6 rings (SSSR count). The van der Waals surface area contributed by atoms with E-state index in [9.17, 15) is 4.79 Å². The lowest BCUT2D eigenvalue weighted by Gasteiger charge is -2.20. The van der Waals surface area contributed by atoms with E-state index in [0.29, 0.717) is 69.1 Å². The van der Waals surface area contributed by atoms with Gasteiger partial charge in [-0.05, 0) is 30.9 Å². The minimum Gasteiger partial charge on any atom is -0.495 e. The first-order valence-electron chi connectivity index (χ1n) is 14.2. The fourth-order valence-corrected chi connectivity index (χ4v) is 6.01. The van der Waals surface area contributed by atoms with Crippen LogP contribution in [0.2, 0.25) is 10.0 Å². The summed E-state index contributed by atoms with van der Waals surface area (Å²) in [5, 5.41) is 15.7. The zero-order chi connectivity index (χ0) is 31.0. The van der Waals surface area contributed by atoms with E-state index >= 15 is 0 Å². The van der Waals surface area contributed by atoms with Crippen LogP contribution in [-0.4, -0.2) is 76.6 Å². The Hall–Kier alpha value is -4.29. The lowest BCUT2D eigenvalue weighted by molar-refractivity contribution is -0.117. The summed E-state index contributed by atoms with van der Waals surface area (Å²) in [6.45, 7) is 5.55. The average molecular weight is 639 g/mol. The topological polar surface area (TPSA) is 131 Å². The number of rotatable bonds is 11. The molecule has 0 unspecified atom stereocenters. The van der Waals surface area contributed by atoms with Crippen molar-refractivity contribution in [1.82, 2.24) is 30.0 Å². The van der Waals surface area contributed by atoms with Gasteiger partial charge in [-0.15, -0.1) is 0 Å². The largest absolute Gasteiger partial charge is 0.495 e. The van der Waals surface area contributed by atoms with Gasteiger partial charge in [0.25, 0.3) is 0 Å². The SMILES string of the molecule is C=CC(=O)N[C@H]1CN(c2cnn(C)c2)C[C@H]1Nc1ncc2cc(-c3c(Cl)c(OC)cc(OC)c3Cl)nc(NCC3CC3)c2n1. The number of hydrogen-bond donors (Lipinski definition) is 3. The molecule has 1 aliphatic heterocycles. The van der Waals surface area contributed by atoms with Crippen LogP contribution in [0.25, 0.3) is 22.2 Å². The number of methoxy groups -OCH3 is 2. The maximum Gasteiger partial charge on any atom is 0.243 e. The minimum atomic E-state index is -0.246. The Bertz CT molecular complexity index is 1700. The fraction of sp³-hybridized carbons (Fsp3) is 0.367. The first-order valence-corrected chi connectivity index (χ1v) is 15.0. The van der Waals surface area contributed by atoms with Gasteiger partial charge in [0.15, 0.2) is 5.82 Å². The van der Waals surface area contributed by atoms with Crippen molar-refractivity contribution in [1.29, 1.82) is 0 Å². The Kier molecular flexibility index (Phi) is 8.37. The van der Waals surface area contributed by atoms with Crippen LogP contribution >= 0.6 is 23.2 Å². The number of aryl methyl sites for hydroxylation is 1. The highest BCUT2D eigenvalue weighted by Crippen LogP contribution is 2.46. The maximum atomic E-state index is 12.3. The van der Waals surface area contributed by atoms with Crippen LogP contribution in [-0.2, 0) is 11.8 Å². The van der Waals surface area contributed by atoms with Gasteiger partial charge in [0.05, 0.1) is 53.9 Å². The van der Waals surface area contributed by atoms with Crippen LogP contribution in [0.5, 0.6) is 11.5 Å². The predicted molar refractivity (Wildman–Crippen MR) is 172 cm³/mol. The summed E-state index contributed by atoms with van der Waals surface area (Å²) >= 11 is 13.5. The number of carbonyl (C=O) groups excluding carboxylic acids is 1. The number of fused-ring (bicyclic) bond motifs is 1. The summed E-state index contributed by atoms with van der Waals surface area (Å²) < 4.78 is 12.7. The molecule has 1 saturated carbocycles. The Morgan fingerprint density at radius 1 is 1.09 bits per heavy atom.